The second-order valence-corrected chi connectivity index (χ2v) is 36.6. The Balaban J connectivity index is 0.000000152. The number of hydrogen-bond donors (Lipinski definition) is 2. The Morgan fingerprint density at radius 3 is 0.863 bits per heavy atom. The third kappa shape index (κ3) is 23.9. The highest BCUT2D eigenvalue weighted by atomic mass is 19.3. The lowest BCUT2D eigenvalue weighted by atomic mass is 9.86. The van der Waals surface area contributed by atoms with Crippen LogP contribution in [0.3, 0.4) is 0 Å². The van der Waals surface area contributed by atoms with E-state index in [9.17, 15) is 57.9 Å². The Kier molecular flexibility index (Phi) is 32.6. The van der Waals surface area contributed by atoms with Crippen molar-refractivity contribution in [2.45, 2.75) is 217 Å². The van der Waals surface area contributed by atoms with Crippen molar-refractivity contribution in [3.63, 3.8) is 0 Å². The van der Waals surface area contributed by atoms with E-state index in [-0.39, 0.29) is 57.0 Å². The summed E-state index contributed by atoms with van der Waals surface area (Å²) in [5.41, 5.74) is 16.8. The van der Waals surface area contributed by atoms with Gasteiger partial charge in [-0.2, -0.15) is 35.9 Å². The van der Waals surface area contributed by atoms with E-state index in [0.29, 0.717) is 92.5 Å². The molecule has 0 aliphatic carbocycles. The van der Waals surface area contributed by atoms with E-state index >= 15 is 0 Å². The highest BCUT2D eigenvalue weighted by Gasteiger charge is 2.34. The maximum Gasteiger partial charge on any atom is 0.264 e. The number of fused-ring (bicyclic) bond motifs is 4. The van der Waals surface area contributed by atoms with Crippen LogP contribution in [0, 0.1) is 34.8 Å². The van der Waals surface area contributed by atoms with Crippen LogP contribution in [0.5, 0.6) is 0 Å². The number of hydrogen-bond acceptors (Lipinski definition) is 13. The Morgan fingerprint density at radius 2 is 0.595 bits per heavy atom. The third-order valence-corrected chi connectivity index (χ3v) is 24.0. The molecular weight excluding hydrogens is 1700 g/mol. The van der Waals surface area contributed by atoms with Crippen LogP contribution < -0.4 is 30.2 Å². The quantitative estimate of drug-likeness (QED) is 0.0735. The van der Waals surface area contributed by atoms with Crippen molar-refractivity contribution in [3.05, 3.63) is 214 Å². The summed E-state index contributed by atoms with van der Waals surface area (Å²) in [5, 5.41) is 39.5. The number of nitrogens with zero attached hydrogens (tertiary/aromatic N) is 17. The average molecular weight is 1820 g/mol. The number of aromatic nitrogens is 12. The van der Waals surface area contributed by atoms with Crippen molar-refractivity contribution in [2.24, 2.45) is 54.1 Å². The van der Waals surface area contributed by atoms with Gasteiger partial charge in [-0.3, -0.25) is 28.1 Å². The van der Waals surface area contributed by atoms with Crippen LogP contribution in [0.4, 0.5) is 86.8 Å². The standard InChI is InChI=1S/4C18H23F2N3.C14H16F3N3.C14H15FN4/c2*1-11(2)23-9-12(3)5-13-6-15(14-8-21-22(4)10-14)16(18(19)20)7-17(13)23;2*1-11(2)23-6-5-12(3)14-7-15(13-9-21-22(4)10-13)16(18(19)20)8-17(14)23;1-8(2)19-13-5-11(14(16)17)10(4-12(13)15)9-6-18-20(3)7-9;1-9(2)18-14-4-10(6-16)12(5-13(14)15)11-7-17-19(3)8-11/h2*6-8,10-12,18H,5,9H2,1-4H3;2*7-12,18H,5-6H2,1-4H3;4-8,14,19H,1-3H3;4-5,7-9,18H,1-3H3/t4*12-;;/m1010../s1. The molecule has 0 unspecified atom stereocenters. The summed E-state index contributed by atoms with van der Waals surface area (Å²) >= 11 is 0. The van der Waals surface area contributed by atoms with Crippen LogP contribution in [-0.4, -0.2) is 121 Å². The number of aryl methyl sites for hydroxylation is 6. The van der Waals surface area contributed by atoms with E-state index in [4.69, 9.17) is 0 Å². The summed E-state index contributed by atoms with van der Waals surface area (Å²) < 4.78 is 173. The van der Waals surface area contributed by atoms with Gasteiger partial charge in [0.1, 0.15) is 11.6 Å². The molecule has 0 amide bonds. The first-order valence-electron chi connectivity index (χ1n) is 44.6. The van der Waals surface area contributed by atoms with Gasteiger partial charge in [-0.1, -0.05) is 27.7 Å². The van der Waals surface area contributed by atoms with Crippen LogP contribution >= 0.6 is 0 Å². The Hall–Kier alpha value is -12.0. The fraction of sp³-hybridized carbons (Fsp3) is 0.450. The predicted molar refractivity (Wildman–Crippen MR) is 501 cm³/mol. The number of benzene rings is 6. The summed E-state index contributed by atoms with van der Waals surface area (Å²) in [7, 11) is 10.6. The number of halogens is 12. The van der Waals surface area contributed by atoms with Crippen LogP contribution in [0.15, 0.2) is 147 Å². The molecule has 0 saturated carbocycles. The number of nitrogens with one attached hydrogen (secondary N) is 2. The molecule has 4 aliphatic rings. The number of anilines is 6. The lowest BCUT2D eigenvalue weighted by molar-refractivity contribution is 0.151. The van der Waals surface area contributed by atoms with Gasteiger partial charge in [0.2, 0.25) is 0 Å². The first-order valence-corrected chi connectivity index (χ1v) is 44.6. The van der Waals surface area contributed by atoms with Gasteiger partial charge in [-0.05, 0) is 255 Å². The SMILES string of the molecule is CC(C)N1CC[C@@H](C)c2cc(-c3cnn(C)c3)c(C(F)F)cc21.CC(C)N1CC[C@H](C)c2cc(-c3cnn(C)c3)c(C(F)F)cc21.CC(C)N1C[C@@H](C)Cc2cc(-c3cnn(C)c3)c(C(F)F)cc21.CC(C)N1C[C@H](C)Cc2cc(-c3cnn(C)c3)c(C(F)F)cc21.CC(C)Nc1cc(C#N)c(-c2cnn(C)c2)cc1F.CC(C)Nc1cc(C(F)F)c(-c2cnn(C)c2)cc1F. The van der Waals surface area contributed by atoms with E-state index in [0.717, 1.165) is 131 Å². The van der Waals surface area contributed by atoms with Crippen molar-refractivity contribution in [1.29, 1.82) is 5.26 Å². The third-order valence-electron chi connectivity index (χ3n) is 24.0. The van der Waals surface area contributed by atoms with Crippen LogP contribution in [-0.2, 0) is 55.1 Å². The lowest BCUT2D eigenvalue weighted by Crippen LogP contribution is -2.39. The molecule has 6 aromatic carbocycles. The van der Waals surface area contributed by atoms with Gasteiger partial charge in [0.15, 0.2) is 0 Å². The highest BCUT2D eigenvalue weighted by Crippen LogP contribution is 2.48. The van der Waals surface area contributed by atoms with Gasteiger partial charge in [-0.15, -0.1) is 0 Å². The largest absolute Gasteiger partial charge is 0.380 e. The zero-order valence-corrected chi connectivity index (χ0v) is 78.8. The molecule has 0 radical (unpaired) electrons. The molecule has 6 aromatic heterocycles. The molecule has 702 valence electrons. The maximum absolute atomic E-state index is 14.0. The number of nitriles is 1. The molecule has 31 heteroatoms. The van der Waals surface area contributed by atoms with E-state index < -0.39 is 37.9 Å². The van der Waals surface area contributed by atoms with E-state index in [1.165, 1.54) is 29.1 Å². The topological polar surface area (TPSA) is 168 Å². The zero-order valence-electron chi connectivity index (χ0n) is 78.8. The van der Waals surface area contributed by atoms with Crippen molar-refractivity contribution in [2.75, 3.05) is 56.4 Å². The molecule has 2 N–H and O–H groups in total. The molecule has 131 heavy (non-hydrogen) atoms. The molecule has 19 nitrogen and oxygen atoms in total. The molecule has 4 atom stereocenters. The molecule has 0 spiro atoms. The number of alkyl halides is 10. The molecule has 0 fully saturated rings. The Morgan fingerprint density at radius 1 is 0.336 bits per heavy atom. The van der Waals surface area contributed by atoms with E-state index in [1.807, 2.05) is 52.0 Å². The van der Waals surface area contributed by atoms with Gasteiger partial charge >= 0.3 is 0 Å². The molecule has 0 bridgehead atoms. The predicted octanol–water partition coefficient (Wildman–Crippen LogP) is 25.3. The van der Waals surface area contributed by atoms with Crippen molar-refractivity contribution in [3.8, 4) is 72.8 Å². The van der Waals surface area contributed by atoms with Crippen LogP contribution in [0.2, 0.25) is 0 Å². The second kappa shape index (κ2) is 42.9. The minimum absolute atomic E-state index is 0.0423. The fourth-order valence-electron chi connectivity index (χ4n) is 17.6. The number of rotatable bonds is 19. The molecule has 12 aromatic rings. The van der Waals surface area contributed by atoms with Crippen molar-refractivity contribution < 1.29 is 52.7 Å². The summed E-state index contributed by atoms with van der Waals surface area (Å²) in [6.07, 6.45) is 11.4. The lowest BCUT2D eigenvalue weighted by Gasteiger charge is -2.38. The smallest absolute Gasteiger partial charge is 0.264 e. The van der Waals surface area contributed by atoms with E-state index in [2.05, 4.69) is 150 Å². The monoisotopic (exact) mass is 1820 g/mol. The van der Waals surface area contributed by atoms with Gasteiger partial charge in [0.05, 0.1) is 60.2 Å². The molecule has 4 aliphatic heterocycles. The van der Waals surface area contributed by atoms with Crippen LogP contribution in [0.25, 0.3) is 66.8 Å². The second-order valence-electron chi connectivity index (χ2n) is 36.6. The van der Waals surface area contributed by atoms with E-state index in [1.54, 1.807) is 158 Å². The molecule has 16 rings (SSSR count). The average Bonchev–Trinajstić information content (AvgIpc) is 1.74. The Bertz CT molecular complexity index is 5660. The van der Waals surface area contributed by atoms with Crippen molar-refractivity contribution in [1.82, 2.24) is 58.7 Å². The summed E-state index contributed by atoms with van der Waals surface area (Å²) in [5.74, 6) is 0.867. The summed E-state index contributed by atoms with van der Waals surface area (Å²) in [6, 6.07) is 23.1. The Labute approximate surface area is 761 Å². The minimum Gasteiger partial charge on any atom is -0.380 e. The van der Waals surface area contributed by atoms with Gasteiger partial charge < -0.3 is 30.2 Å². The molecular formula is C100H123F12N19. The maximum atomic E-state index is 14.0. The normalized spacial score (nSPS) is 15.8. The zero-order chi connectivity index (χ0) is 95.7. The summed E-state index contributed by atoms with van der Waals surface area (Å²) in [6.45, 7) is 36.8. The molecule has 10 heterocycles. The van der Waals surface area contributed by atoms with Crippen molar-refractivity contribution >= 4 is 34.1 Å². The van der Waals surface area contributed by atoms with Gasteiger partial charge in [0.25, 0.3) is 32.1 Å². The highest BCUT2D eigenvalue weighted by molar-refractivity contribution is 5.79. The molecule has 0 saturated heterocycles. The minimum atomic E-state index is -2.68. The first-order chi connectivity index (χ1) is 61.9. The summed E-state index contributed by atoms with van der Waals surface area (Å²) in [4.78, 5) is 8.94. The van der Waals surface area contributed by atoms with Crippen LogP contribution in [0.1, 0.15) is 223 Å². The van der Waals surface area contributed by atoms with Gasteiger partial charge in [-0.25, -0.2) is 52.7 Å². The fourth-order valence-corrected chi connectivity index (χ4v) is 17.6. The van der Waals surface area contributed by atoms with Gasteiger partial charge in [0, 0.05) is 231 Å². The first kappa shape index (κ1) is 99.6.